The molecule has 0 fully saturated rings. The topological polar surface area (TPSA) is 39.9 Å². The number of hydrogen-bond acceptors (Lipinski definition) is 4. The molecule has 3 rings (SSSR count). The lowest BCUT2D eigenvalue weighted by Gasteiger charge is -2.17. The van der Waals surface area contributed by atoms with Crippen LogP contribution in [-0.2, 0) is 12.3 Å². The Morgan fingerprint density at radius 2 is 1.69 bits per heavy atom. The minimum Gasteiger partial charge on any atom is -0.483 e. The maximum Gasteiger partial charge on any atom is 0.191 e. The summed E-state index contributed by atoms with van der Waals surface area (Å²) < 4.78 is 8.19. The normalized spacial score (nSPS) is 12.2. The van der Waals surface area contributed by atoms with Gasteiger partial charge in [0.25, 0.3) is 0 Å². The van der Waals surface area contributed by atoms with Crippen LogP contribution in [0.15, 0.2) is 35.5 Å². The average Bonchev–Trinajstić information content (AvgIpc) is 3.08. The first-order chi connectivity index (χ1) is 13.8. The molecule has 1 heterocycles. The van der Waals surface area contributed by atoms with Crippen LogP contribution in [0.3, 0.4) is 0 Å². The molecule has 3 aromatic rings. The maximum absolute atomic E-state index is 6.28. The van der Waals surface area contributed by atoms with E-state index in [0.717, 1.165) is 45.0 Å². The zero-order chi connectivity index (χ0) is 21.1. The highest BCUT2D eigenvalue weighted by Crippen LogP contribution is 2.33. The summed E-state index contributed by atoms with van der Waals surface area (Å²) in [6, 6.07) is 9.39. The van der Waals surface area contributed by atoms with Gasteiger partial charge in [-0.1, -0.05) is 52.6 Å². The van der Waals surface area contributed by atoms with Crippen LogP contribution in [-0.4, -0.2) is 14.8 Å². The second-order valence-corrected chi connectivity index (χ2v) is 8.84. The van der Waals surface area contributed by atoms with Gasteiger partial charge in [0.05, 0.1) is 0 Å². The van der Waals surface area contributed by atoms with Gasteiger partial charge in [-0.2, -0.15) is 0 Å². The first-order valence-electron chi connectivity index (χ1n) is 9.24. The highest BCUT2D eigenvalue weighted by atomic mass is 35.5. The monoisotopic (exact) mass is 469 g/mol. The van der Waals surface area contributed by atoms with Crippen LogP contribution < -0.4 is 4.74 Å². The number of aromatic nitrogens is 3. The summed E-state index contributed by atoms with van der Waals surface area (Å²) >= 11 is 20.4. The molecule has 4 nitrogen and oxygen atoms in total. The minimum atomic E-state index is -0.263. The van der Waals surface area contributed by atoms with Gasteiger partial charge in [0, 0.05) is 27.4 Å². The van der Waals surface area contributed by atoms with E-state index in [1.807, 2.05) is 51.1 Å². The summed E-state index contributed by atoms with van der Waals surface area (Å²) in [5, 5.41) is 11.6. The molecule has 0 amide bonds. The van der Waals surface area contributed by atoms with Crippen molar-refractivity contribution in [3.05, 3.63) is 67.9 Å². The SMILES string of the molecule is CCn1c(SCc2c(Cl)cccc2Cl)nnc1C(C)Oc1cc(C)c(Cl)c(C)c1. The molecule has 29 heavy (non-hydrogen) atoms. The van der Waals surface area contributed by atoms with Gasteiger partial charge in [0.2, 0.25) is 0 Å². The lowest BCUT2D eigenvalue weighted by molar-refractivity contribution is 0.209. The summed E-state index contributed by atoms with van der Waals surface area (Å²) in [6.45, 7) is 8.69. The molecule has 0 N–H and O–H groups in total. The molecule has 0 saturated heterocycles. The molecule has 154 valence electrons. The number of rotatable bonds is 7. The van der Waals surface area contributed by atoms with E-state index in [4.69, 9.17) is 39.5 Å². The van der Waals surface area contributed by atoms with Crippen molar-refractivity contribution in [3.63, 3.8) is 0 Å². The Hall–Kier alpha value is -1.40. The molecule has 0 aliphatic rings. The summed E-state index contributed by atoms with van der Waals surface area (Å²) in [4.78, 5) is 0. The Labute approximate surface area is 190 Å². The third-order valence-electron chi connectivity index (χ3n) is 4.56. The van der Waals surface area contributed by atoms with Crippen LogP contribution in [0.2, 0.25) is 15.1 Å². The number of thioether (sulfide) groups is 1. The molecule has 0 bridgehead atoms. The highest BCUT2D eigenvalue weighted by Gasteiger charge is 2.20. The van der Waals surface area contributed by atoms with Gasteiger partial charge >= 0.3 is 0 Å². The highest BCUT2D eigenvalue weighted by molar-refractivity contribution is 7.98. The fourth-order valence-corrected chi connectivity index (χ4v) is 4.90. The second kappa shape index (κ2) is 9.61. The third kappa shape index (κ3) is 5.02. The Bertz CT molecular complexity index is 979. The molecule has 0 spiro atoms. The Morgan fingerprint density at radius 3 is 2.28 bits per heavy atom. The van der Waals surface area contributed by atoms with Crippen LogP contribution >= 0.6 is 46.6 Å². The van der Waals surface area contributed by atoms with Crippen LogP contribution in [0.5, 0.6) is 5.75 Å². The lowest BCUT2D eigenvalue weighted by Crippen LogP contribution is -2.12. The van der Waals surface area contributed by atoms with Gasteiger partial charge in [0.15, 0.2) is 17.1 Å². The molecule has 0 aliphatic carbocycles. The molecule has 1 atom stereocenters. The second-order valence-electron chi connectivity index (χ2n) is 6.71. The molecule has 2 aromatic carbocycles. The van der Waals surface area contributed by atoms with Crippen molar-refractivity contribution in [2.45, 2.75) is 51.3 Å². The van der Waals surface area contributed by atoms with E-state index in [1.54, 1.807) is 11.8 Å². The number of aryl methyl sites for hydroxylation is 2. The largest absolute Gasteiger partial charge is 0.483 e. The summed E-state index contributed by atoms with van der Waals surface area (Å²) in [7, 11) is 0. The van der Waals surface area contributed by atoms with Crippen molar-refractivity contribution in [2.24, 2.45) is 0 Å². The van der Waals surface area contributed by atoms with E-state index < -0.39 is 0 Å². The van der Waals surface area contributed by atoms with Crippen molar-refractivity contribution in [3.8, 4) is 5.75 Å². The first kappa shape index (κ1) is 22.3. The third-order valence-corrected chi connectivity index (χ3v) is 6.85. The van der Waals surface area contributed by atoms with Gasteiger partial charge in [-0.15, -0.1) is 10.2 Å². The fourth-order valence-electron chi connectivity index (χ4n) is 3.04. The molecule has 1 aromatic heterocycles. The zero-order valence-electron chi connectivity index (χ0n) is 16.7. The molecule has 0 radical (unpaired) electrons. The Morgan fingerprint density at radius 1 is 1.07 bits per heavy atom. The smallest absolute Gasteiger partial charge is 0.191 e. The number of halogens is 3. The first-order valence-corrected chi connectivity index (χ1v) is 11.4. The summed E-state index contributed by atoms with van der Waals surface area (Å²) in [5.74, 6) is 2.15. The van der Waals surface area contributed by atoms with Gasteiger partial charge in [0.1, 0.15) is 5.75 Å². The average molecular weight is 471 g/mol. The molecule has 1 unspecified atom stereocenters. The molecule has 0 aliphatic heterocycles. The van der Waals surface area contributed by atoms with Crippen molar-refractivity contribution in [1.29, 1.82) is 0 Å². The maximum atomic E-state index is 6.28. The van der Waals surface area contributed by atoms with E-state index in [1.165, 1.54) is 0 Å². The predicted octanol–water partition coefficient (Wildman–Crippen LogP) is 7.31. The van der Waals surface area contributed by atoms with Crippen LogP contribution in [0, 0.1) is 13.8 Å². The van der Waals surface area contributed by atoms with Crippen molar-refractivity contribution >= 4 is 46.6 Å². The van der Waals surface area contributed by atoms with Crippen molar-refractivity contribution in [1.82, 2.24) is 14.8 Å². The quantitative estimate of drug-likeness (QED) is 0.339. The molecule has 0 saturated carbocycles. The lowest BCUT2D eigenvalue weighted by atomic mass is 10.1. The zero-order valence-corrected chi connectivity index (χ0v) is 19.8. The number of nitrogens with zero attached hydrogens (tertiary/aromatic N) is 3. The molecular formula is C21H22Cl3N3OS. The van der Waals surface area contributed by atoms with E-state index in [-0.39, 0.29) is 6.10 Å². The standard InChI is InChI=1S/C21H22Cl3N3OS/c1-5-27-20(14(4)28-15-9-12(2)19(24)13(3)10-15)25-26-21(27)29-11-16-17(22)7-6-8-18(16)23/h6-10,14H,5,11H2,1-4H3. The Balaban J connectivity index is 1.78. The van der Waals surface area contributed by atoms with E-state index >= 15 is 0 Å². The van der Waals surface area contributed by atoms with Gasteiger partial charge in [-0.05, 0) is 68.7 Å². The van der Waals surface area contributed by atoms with Crippen molar-refractivity contribution in [2.75, 3.05) is 0 Å². The van der Waals surface area contributed by atoms with Crippen LogP contribution in [0.25, 0.3) is 0 Å². The van der Waals surface area contributed by atoms with Gasteiger partial charge in [-0.3, -0.25) is 0 Å². The van der Waals surface area contributed by atoms with Crippen LogP contribution in [0.4, 0.5) is 0 Å². The molecular weight excluding hydrogens is 449 g/mol. The predicted molar refractivity (Wildman–Crippen MR) is 122 cm³/mol. The van der Waals surface area contributed by atoms with E-state index in [9.17, 15) is 0 Å². The number of benzene rings is 2. The van der Waals surface area contributed by atoms with Crippen molar-refractivity contribution < 1.29 is 4.74 Å². The molecule has 8 heteroatoms. The minimum absolute atomic E-state index is 0.263. The number of ether oxygens (including phenoxy) is 1. The van der Waals surface area contributed by atoms with E-state index in [0.29, 0.717) is 15.8 Å². The summed E-state index contributed by atoms with van der Waals surface area (Å²) in [6.07, 6.45) is -0.263. The van der Waals surface area contributed by atoms with Crippen LogP contribution in [0.1, 0.15) is 42.5 Å². The van der Waals surface area contributed by atoms with Gasteiger partial charge < -0.3 is 9.30 Å². The fraction of sp³-hybridized carbons (Fsp3) is 0.333. The van der Waals surface area contributed by atoms with Gasteiger partial charge in [-0.25, -0.2) is 0 Å². The Kier molecular flexibility index (Phi) is 7.38. The number of hydrogen-bond donors (Lipinski definition) is 0. The summed E-state index contributed by atoms with van der Waals surface area (Å²) in [5.41, 5.74) is 2.86. The van der Waals surface area contributed by atoms with E-state index in [2.05, 4.69) is 21.7 Å².